The average molecular weight is 341 g/mol. The van der Waals surface area contributed by atoms with Gasteiger partial charge in [-0.1, -0.05) is 25.1 Å². The van der Waals surface area contributed by atoms with Crippen LogP contribution in [0.15, 0.2) is 48.5 Å². The van der Waals surface area contributed by atoms with E-state index >= 15 is 0 Å². The van der Waals surface area contributed by atoms with Crippen LogP contribution in [0.4, 0.5) is 16.2 Å². The molecule has 6 nitrogen and oxygen atoms in total. The van der Waals surface area contributed by atoms with Crippen LogP contribution in [0.3, 0.4) is 0 Å². The van der Waals surface area contributed by atoms with Crippen LogP contribution in [0.5, 0.6) is 5.75 Å². The second-order valence-electron chi connectivity index (χ2n) is 5.57. The molecule has 0 fully saturated rings. The van der Waals surface area contributed by atoms with Crippen molar-refractivity contribution in [3.8, 4) is 5.75 Å². The third kappa shape index (κ3) is 5.24. The van der Waals surface area contributed by atoms with Gasteiger partial charge in [0.15, 0.2) is 0 Å². The summed E-state index contributed by atoms with van der Waals surface area (Å²) in [4.78, 5) is 25.7. The van der Waals surface area contributed by atoms with Crippen LogP contribution < -0.4 is 15.4 Å². The van der Waals surface area contributed by atoms with E-state index in [4.69, 9.17) is 4.74 Å². The molecule has 0 unspecified atom stereocenters. The first kappa shape index (κ1) is 18.3. The van der Waals surface area contributed by atoms with Crippen molar-refractivity contribution in [1.82, 2.24) is 4.90 Å². The zero-order chi connectivity index (χ0) is 18.2. The van der Waals surface area contributed by atoms with Gasteiger partial charge in [-0.3, -0.25) is 4.79 Å². The summed E-state index contributed by atoms with van der Waals surface area (Å²) in [5.74, 6) is 0.466. The Bertz CT molecular complexity index is 729. The minimum absolute atomic E-state index is 0.0416. The number of ether oxygens (including phenoxy) is 1. The van der Waals surface area contributed by atoms with E-state index in [9.17, 15) is 9.59 Å². The Morgan fingerprint density at radius 2 is 1.72 bits per heavy atom. The SMILES string of the molecule is CCc1ccccc1NC(=O)CN(C)C(=O)Nc1ccc(OC)cc1. The number of carbonyl (C=O) groups is 2. The number of hydrogen-bond acceptors (Lipinski definition) is 3. The van der Waals surface area contributed by atoms with Gasteiger partial charge in [0.05, 0.1) is 7.11 Å². The Morgan fingerprint density at radius 1 is 1.04 bits per heavy atom. The fourth-order valence-corrected chi connectivity index (χ4v) is 2.32. The molecule has 0 aliphatic rings. The molecule has 0 aliphatic heterocycles. The molecule has 0 saturated heterocycles. The Kier molecular flexibility index (Phi) is 6.39. The maximum Gasteiger partial charge on any atom is 0.322 e. The highest BCUT2D eigenvalue weighted by Gasteiger charge is 2.14. The maximum atomic E-state index is 12.2. The average Bonchev–Trinajstić information content (AvgIpc) is 2.62. The van der Waals surface area contributed by atoms with Crippen molar-refractivity contribution in [2.45, 2.75) is 13.3 Å². The molecule has 25 heavy (non-hydrogen) atoms. The van der Waals surface area contributed by atoms with Gasteiger partial charge in [-0.15, -0.1) is 0 Å². The van der Waals surface area contributed by atoms with Crippen molar-refractivity contribution in [3.63, 3.8) is 0 Å². The Balaban J connectivity index is 1.90. The number of aryl methyl sites for hydroxylation is 1. The second-order valence-corrected chi connectivity index (χ2v) is 5.57. The number of anilines is 2. The monoisotopic (exact) mass is 341 g/mol. The standard InChI is InChI=1S/C19H23N3O3/c1-4-14-7-5-6-8-17(14)21-18(23)13-22(2)19(24)20-15-9-11-16(25-3)12-10-15/h5-12H,4,13H2,1-3H3,(H,20,24)(H,21,23). The van der Waals surface area contributed by atoms with Gasteiger partial charge in [0, 0.05) is 18.4 Å². The van der Waals surface area contributed by atoms with E-state index in [0.29, 0.717) is 11.4 Å². The summed E-state index contributed by atoms with van der Waals surface area (Å²) in [6.07, 6.45) is 0.824. The molecule has 0 spiro atoms. The van der Waals surface area contributed by atoms with Gasteiger partial charge >= 0.3 is 6.03 Å². The number of amides is 3. The molecule has 6 heteroatoms. The summed E-state index contributed by atoms with van der Waals surface area (Å²) in [6.45, 7) is 1.99. The zero-order valence-corrected chi connectivity index (χ0v) is 14.7. The van der Waals surface area contributed by atoms with Gasteiger partial charge in [-0.05, 0) is 42.3 Å². The summed E-state index contributed by atoms with van der Waals surface area (Å²) >= 11 is 0. The molecule has 0 heterocycles. The molecule has 132 valence electrons. The molecule has 0 bridgehead atoms. The van der Waals surface area contributed by atoms with E-state index in [1.165, 1.54) is 4.90 Å². The topological polar surface area (TPSA) is 70.7 Å². The van der Waals surface area contributed by atoms with Crippen LogP contribution in [-0.4, -0.2) is 37.5 Å². The second kappa shape index (κ2) is 8.73. The van der Waals surface area contributed by atoms with Crippen molar-refractivity contribution in [2.75, 3.05) is 31.3 Å². The number of urea groups is 1. The summed E-state index contributed by atoms with van der Waals surface area (Å²) in [5, 5.41) is 5.59. The van der Waals surface area contributed by atoms with Gasteiger partial charge in [0.1, 0.15) is 12.3 Å². The summed E-state index contributed by atoms with van der Waals surface area (Å²) < 4.78 is 5.07. The first-order valence-corrected chi connectivity index (χ1v) is 8.07. The number of hydrogen-bond donors (Lipinski definition) is 2. The van der Waals surface area contributed by atoms with Gasteiger partial charge in [-0.25, -0.2) is 4.79 Å². The van der Waals surface area contributed by atoms with E-state index in [1.807, 2.05) is 31.2 Å². The summed E-state index contributed by atoms with van der Waals surface area (Å²) in [6, 6.07) is 14.3. The molecule has 2 aromatic carbocycles. The fraction of sp³-hybridized carbons (Fsp3) is 0.263. The van der Waals surface area contributed by atoms with Crippen LogP contribution in [-0.2, 0) is 11.2 Å². The number of rotatable bonds is 6. The predicted molar refractivity (Wildman–Crippen MR) is 99.1 cm³/mol. The molecule has 0 atom stereocenters. The number of nitrogens with one attached hydrogen (secondary N) is 2. The molecule has 2 N–H and O–H groups in total. The number of para-hydroxylation sites is 1. The quantitative estimate of drug-likeness (QED) is 0.846. The number of nitrogens with zero attached hydrogens (tertiary/aromatic N) is 1. The van der Waals surface area contributed by atoms with Crippen molar-refractivity contribution in [2.24, 2.45) is 0 Å². The van der Waals surface area contributed by atoms with Crippen LogP contribution >= 0.6 is 0 Å². The third-order valence-electron chi connectivity index (χ3n) is 3.74. The largest absolute Gasteiger partial charge is 0.497 e. The van der Waals surface area contributed by atoms with Gasteiger partial charge in [-0.2, -0.15) is 0 Å². The maximum absolute atomic E-state index is 12.2. The molecular weight excluding hydrogens is 318 g/mol. The van der Waals surface area contributed by atoms with Crippen molar-refractivity contribution < 1.29 is 14.3 Å². The van der Waals surface area contributed by atoms with Gasteiger partial charge in [0.2, 0.25) is 5.91 Å². The highest BCUT2D eigenvalue weighted by atomic mass is 16.5. The summed E-state index contributed by atoms with van der Waals surface area (Å²) in [7, 11) is 3.15. The Morgan fingerprint density at radius 3 is 2.36 bits per heavy atom. The first-order valence-electron chi connectivity index (χ1n) is 8.07. The van der Waals surface area contributed by atoms with E-state index in [-0.39, 0.29) is 18.5 Å². The minimum atomic E-state index is -0.357. The predicted octanol–water partition coefficient (Wildman–Crippen LogP) is 3.36. The Hall–Kier alpha value is -3.02. The molecule has 2 rings (SSSR count). The van der Waals surface area contributed by atoms with Crippen molar-refractivity contribution >= 4 is 23.3 Å². The van der Waals surface area contributed by atoms with Gasteiger partial charge in [0.25, 0.3) is 0 Å². The molecule has 0 aromatic heterocycles. The molecule has 0 aliphatic carbocycles. The van der Waals surface area contributed by atoms with Crippen LogP contribution in [0.1, 0.15) is 12.5 Å². The number of carbonyl (C=O) groups excluding carboxylic acids is 2. The van der Waals surface area contributed by atoms with E-state index in [0.717, 1.165) is 17.7 Å². The lowest BCUT2D eigenvalue weighted by Gasteiger charge is -2.18. The molecule has 0 radical (unpaired) electrons. The molecule has 0 saturated carbocycles. The van der Waals surface area contributed by atoms with E-state index in [1.54, 1.807) is 38.4 Å². The third-order valence-corrected chi connectivity index (χ3v) is 3.74. The highest BCUT2D eigenvalue weighted by molar-refractivity contribution is 5.97. The smallest absolute Gasteiger partial charge is 0.322 e. The van der Waals surface area contributed by atoms with Crippen LogP contribution in [0.25, 0.3) is 0 Å². The highest BCUT2D eigenvalue weighted by Crippen LogP contribution is 2.16. The normalized spacial score (nSPS) is 10.0. The molecule has 2 aromatic rings. The van der Waals surface area contributed by atoms with E-state index < -0.39 is 0 Å². The van der Waals surface area contributed by atoms with Crippen LogP contribution in [0, 0.1) is 0 Å². The lowest BCUT2D eigenvalue weighted by molar-refractivity contribution is -0.116. The Labute approximate surface area is 147 Å². The number of benzene rings is 2. The van der Waals surface area contributed by atoms with Crippen LogP contribution in [0.2, 0.25) is 0 Å². The summed E-state index contributed by atoms with van der Waals surface area (Å²) in [5.41, 5.74) is 2.47. The molecular formula is C19H23N3O3. The van der Waals surface area contributed by atoms with Crippen molar-refractivity contribution in [3.05, 3.63) is 54.1 Å². The minimum Gasteiger partial charge on any atom is -0.497 e. The van der Waals surface area contributed by atoms with Crippen molar-refractivity contribution in [1.29, 1.82) is 0 Å². The zero-order valence-electron chi connectivity index (χ0n) is 14.7. The lowest BCUT2D eigenvalue weighted by atomic mass is 10.1. The first-order chi connectivity index (χ1) is 12.0. The molecule has 3 amide bonds. The van der Waals surface area contributed by atoms with Gasteiger partial charge < -0.3 is 20.3 Å². The lowest BCUT2D eigenvalue weighted by Crippen LogP contribution is -2.37. The fourth-order valence-electron chi connectivity index (χ4n) is 2.32. The number of likely N-dealkylation sites (N-methyl/N-ethyl adjacent to an activating group) is 1. The van der Waals surface area contributed by atoms with E-state index in [2.05, 4.69) is 10.6 Å². The number of methoxy groups -OCH3 is 1.